The number of aryl methyl sites for hydroxylation is 1. The van der Waals surface area contributed by atoms with Gasteiger partial charge >= 0.3 is 5.85 Å². The van der Waals surface area contributed by atoms with Crippen molar-refractivity contribution in [1.82, 2.24) is 0 Å². The van der Waals surface area contributed by atoms with Gasteiger partial charge in [0.25, 0.3) is 0 Å². The van der Waals surface area contributed by atoms with E-state index >= 15 is 4.39 Å². The summed E-state index contributed by atoms with van der Waals surface area (Å²) in [5, 5.41) is 0. The molecule has 0 saturated carbocycles. The highest BCUT2D eigenvalue weighted by Crippen LogP contribution is 2.33. The van der Waals surface area contributed by atoms with Crippen LogP contribution in [0.3, 0.4) is 0 Å². The number of para-hydroxylation sites is 1. The zero-order valence-electron chi connectivity index (χ0n) is 11.0. The number of hydrogen-bond donors (Lipinski definition) is 0. The Morgan fingerprint density at radius 2 is 1.70 bits per heavy atom. The third-order valence-corrected chi connectivity index (χ3v) is 3.57. The van der Waals surface area contributed by atoms with Gasteiger partial charge in [0.2, 0.25) is 5.78 Å². The number of rotatable bonds is 2. The molecule has 2 nitrogen and oxygen atoms in total. The van der Waals surface area contributed by atoms with Crippen molar-refractivity contribution in [2.75, 3.05) is 0 Å². The van der Waals surface area contributed by atoms with E-state index in [1.807, 2.05) is 18.2 Å². The molecule has 0 spiro atoms. The minimum absolute atomic E-state index is 0.0788. The van der Waals surface area contributed by atoms with Gasteiger partial charge in [0, 0.05) is 12.0 Å². The number of carbonyl (C=O) groups excluding carboxylic acids is 1. The molecule has 3 rings (SSSR count). The van der Waals surface area contributed by atoms with E-state index in [4.69, 9.17) is 4.74 Å². The Bertz CT molecular complexity index is 624. The molecule has 0 fully saturated rings. The number of benzene rings is 2. The van der Waals surface area contributed by atoms with Crippen LogP contribution in [0.2, 0.25) is 0 Å². The average Bonchev–Trinajstić information content (AvgIpc) is 2.59. The van der Waals surface area contributed by atoms with Crippen molar-refractivity contribution in [2.24, 2.45) is 0 Å². The number of halogens is 1. The molecule has 3 heteroatoms. The van der Waals surface area contributed by atoms with E-state index < -0.39 is 11.6 Å². The molecule has 0 saturated heterocycles. The fourth-order valence-electron chi connectivity index (χ4n) is 2.55. The fourth-order valence-corrected chi connectivity index (χ4v) is 2.55. The highest BCUT2D eigenvalue weighted by molar-refractivity contribution is 6.03. The van der Waals surface area contributed by atoms with E-state index in [9.17, 15) is 4.79 Å². The van der Waals surface area contributed by atoms with Gasteiger partial charge < -0.3 is 4.74 Å². The van der Waals surface area contributed by atoms with E-state index in [0.29, 0.717) is 24.2 Å². The van der Waals surface area contributed by atoms with Crippen molar-refractivity contribution in [3.63, 3.8) is 0 Å². The summed E-state index contributed by atoms with van der Waals surface area (Å²) in [6, 6.07) is 15.8. The molecular formula is C17H15FO2. The topological polar surface area (TPSA) is 26.3 Å². The van der Waals surface area contributed by atoms with Crippen LogP contribution in [0.25, 0.3) is 0 Å². The Morgan fingerprint density at radius 3 is 2.50 bits per heavy atom. The van der Waals surface area contributed by atoms with Gasteiger partial charge in [-0.05, 0) is 30.5 Å². The van der Waals surface area contributed by atoms with Crippen LogP contribution < -0.4 is 4.74 Å². The third-order valence-electron chi connectivity index (χ3n) is 3.57. The minimum Gasteiger partial charge on any atom is -0.451 e. The Labute approximate surface area is 117 Å². The predicted molar refractivity (Wildman–Crippen MR) is 74.6 cm³/mol. The Balaban J connectivity index is 1.95. The van der Waals surface area contributed by atoms with Gasteiger partial charge in [-0.2, -0.15) is 4.39 Å². The second-order valence-corrected chi connectivity index (χ2v) is 4.98. The lowest BCUT2D eigenvalue weighted by atomic mass is 10.0. The second-order valence-electron chi connectivity index (χ2n) is 4.98. The molecule has 2 aromatic carbocycles. The molecule has 102 valence electrons. The molecule has 0 amide bonds. The first-order valence-electron chi connectivity index (χ1n) is 6.75. The van der Waals surface area contributed by atoms with Crippen LogP contribution in [0.5, 0.6) is 5.75 Å². The molecule has 0 heterocycles. The molecule has 0 bridgehead atoms. The molecule has 1 aliphatic rings. The molecule has 2 aromatic rings. The first-order valence-corrected chi connectivity index (χ1v) is 6.75. The van der Waals surface area contributed by atoms with Crippen LogP contribution in [-0.4, -0.2) is 11.6 Å². The first kappa shape index (κ1) is 12.9. The Hall–Kier alpha value is -2.16. The van der Waals surface area contributed by atoms with Crippen LogP contribution in [0.4, 0.5) is 4.39 Å². The van der Waals surface area contributed by atoms with E-state index in [-0.39, 0.29) is 6.42 Å². The number of hydrogen-bond acceptors (Lipinski definition) is 2. The van der Waals surface area contributed by atoms with E-state index in [2.05, 4.69) is 0 Å². The maximum atomic E-state index is 15.0. The zero-order valence-corrected chi connectivity index (χ0v) is 11.0. The molecule has 1 aliphatic carbocycles. The van der Waals surface area contributed by atoms with Gasteiger partial charge in [-0.3, -0.25) is 4.79 Å². The number of alkyl halides is 1. The monoisotopic (exact) mass is 270 g/mol. The van der Waals surface area contributed by atoms with Crippen LogP contribution in [0.15, 0.2) is 54.6 Å². The van der Waals surface area contributed by atoms with Crippen molar-refractivity contribution in [3.8, 4) is 5.75 Å². The highest BCUT2D eigenvalue weighted by Gasteiger charge is 2.43. The lowest BCUT2D eigenvalue weighted by molar-refractivity contribution is -0.0404. The molecular weight excluding hydrogens is 255 g/mol. The number of ether oxygens (including phenoxy) is 1. The first-order chi connectivity index (χ1) is 9.69. The fraction of sp³-hybridized carbons (Fsp3) is 0.235. The maximum Gasteiger partial charge on any atom is 0.311 e. The van der Waals surface area contributed by atoms with Crippen molar-refractivity contribution < 1.29 is 13.9 Å². The standard InChI is InChI=1S/C17H15FO2/c18-17(20-14-9-2-1-3-10-14)12-6-8-13-7-4-5-11-15(13)16(17)19/h1-5,7,9-11H,6,8,12H2. The average molecular weight is 270 g/mol. The summed E-state index contributed by atoms with van der Waals surface area (Å²) < 4.78 is 20.4. The third kappa shape index (κ3) is 2.31. The quantitative estimate of drug-likeness (QED) is 0.772. The predicted octanol–water partition coefficient (Wildman–Crippen LogP) is 3.95. The van der Waals surface area contributed by atoms with E-state index in [1.165, 1.54) is 0 Å². The summed E-state index contributed by atoms with van der Waals surface area (Å²) in [5.74, 6) is -2.47. The van der Waals surface area contributed by atoms with Crippen LogP contribution in [0, 0.1) is 0 Å². The number of fused-ring (bicyclic) bond motifs is 1. The second kappa shape index (κ2) is 5.08. The summed E-state index contributed by atoms with van der Waals surface area (Å²) >= 11 is 0. The normalized spacial score (nSPS) is 21.9. The highest BCUT2D eigenvalue weighted by atomic mass is 19.2. The molecule has 1 atom stereocenters. The Kier molecular flexibility index (Phi) is 3.26. The van der Waals surface area contributed by atoms with Crippen LogP contribution in [-0.2, 0) is 6.42 Å². The molecule has 0 radical (unpaired) electrons. The van der Waals surface area contributed by atoms with Gasteiger partial charge in [-0.25, -0.2) is 0 Å². The van der Waals surface area contributed by atoms with Crippen molar-refractivity contribution in [1.29, 1.82) is 0 Å². The SMILES string of the molecule is O=C1c2ccccc2CCCC1(F)Oc1ccccc1. The minimum atomic E-state index is -2.27. The van der Waals surface area contributed by atoms with Crippen molar-refractivity contribution in [3.05, 3.63) is 65.7 Å². The van der Waals surface area contributed by atoms with Crippen LogP contribution in [0.1, 0.15) is 28.8 Å². The van der Waals surface area contributed by atoms with Crippen molar-refractivity contribution >= 4 is 5.78 Å². The molecule has 1 unspecified atom stereocenters. The van der Waals surface area contributed by atoms with Crippen molar-refractivity contribution in [2.45, 2.75) is 25.1 Å². The summed E-state index contributed by atoms with van der Waals surface area (Å²) in [6.07, 6.45) is 1.37. The van der Waals surface area contributed by atoms with Crippen LogP contribution >= 0.6 is 0 Å². The summed E-state index contributed by atoms with van der Waals surface area (Å²) in [6.45, 7) is 0. The maximum absolute atomic E-state index is 15.0. The van der Waals surface area contributed by atoms with Gasteiger partial charge in [-0.15, -0.1) is 0 Å². The largest absolute Gasteiger partial charge is 0.451 e. The summed E-state index contributed by atoms with van der Waals surface area (Å²) in [5.41, 5.74) is 1.33. The molecule has 0 aromatic heterocycles. The van der Waals surface area contributed by atoms with Gasteiger partial charge in [0.05, 0.1) is 0 Å². The molecule has 0 aliphatic heterocycles. The smallest absolute Gasteiger partial charge is 0.311 e. The number of carbonyl (C=O) groups is 1. The van der Waals surface area contributed by atoms with E-state index in [0.717, 1.165) is 5.56 Å². The lowest BCUT2D eigenvalue weighted by Gasteiger charge is -2.23. The van der Waals surface area contributed by atoms with Gasteiger partial charge in [0.15, 0.2) is 0 Å². The number of ketones is 1. The number of Topliss-reactive ketones (excluding diaryl/α,β-unsaturated/α-hetero) is 1. The summed E-state index contributed by atoms with van der Waals surface area (Å²) in [7, 11) is 0. The van der Waals surface area contributed by atoms with Gasteiger partial charge in [0.1, 0.15) is 5.75 Å². The Morgan fingerprint density at radius 1 is 1.00 bits per heavy atom. The molecule has 0 N–H and O–H groups in total. The summed E-state index contributed by atoms with van der Waals surface area (Å²) in [4.78, 5) is 12.5. The van der Waals surface area contributed by atoms with Gasteiger partial charge in [-0.1, -0.05) is 42.5 Å². The molecule has 20 heavy (non-hydrogen) atoms. The lowest BCUT2D eigenvalue weighted by Crippen LogP contribution is -2.39. The van der Waals surface area contributed by atoms with E-state index in [1.54, 1.807) is 36.4 Å². The zero-order chi connectivity index (χ0) is 14.0.